The summed E-state index contributed by atoms with van der Waals surface area (Å²) >= 11 is 0. The predicted molar refractivity (Wildman–Crippen MR) is 35.8 cm³/mol. The SMILES string of the molecule is O=C(O)CC1=CCCOC1. The molecule has 0 aliphatic carbocycles. The van der Waals surface area contributed by atoms with Gasteiger partial charge in [-0.1, -0.05) is 6.08 Å². The molecule has 0 fully saturated rings. The fourth-order valence-electron chi connectivity index (χ4n) is 0.926. The van der Waals surface area contributed by atoms with Crippen LogP contribution in [0.25, 0.3) is 0 Å². The molecule has 1 N–H and O–H groups in total. The van der Waals surface area contributed by atoms with Crippen molar-refractivity contribution in [2.45, 2.75) is 12.8 Å². The van der Waals surface area contributed by atoms with Crippen molar-refractivity contribution in [3.63, 3.8) is 0 Å². The van der Waals surface area contributed by atoms with Crippen molar-refractivity contribution < 1.29 is 14.6 Å². The Balaban J connectivity index is 2.38. The van der Waals surface area contributed by atoms with E-state index in [4.69, 9.17) is 9.84 Å². The second-order valence-electron chi connectivity index (χ2n) is 2.27. The summed E-state index contributed by atoms with van der Waals surface area (Å²) in [7, 11) is 0. The molecule has 1 rings (SSSR count). The molecule has 1 aliphatic rings. The molecule has 0 radical (unpaired) electrons. The first kappa shape index (κ1) is 7.28. The summed E-state index contributed by atoms with van der Waals surface area (Å²) in [5.74, 6) is -0.781. The first-order chi connectivity index (χ1) is 4.79. The Morgan fingerprint density at radius 2 is 2.60 bits per heavy atom. The van der Waals surface area contributed by atoms with Gasteiger partial charge in [-0.15, -0.1) is 0 Å². The highest BCUT2D eigenvalue weighted by molar-refractivity contribution is 5.70. The molecule has 3 heteroatoms. The van der Waals surface area contributed by atoms with Gasteiger partial charge in [0.1, 0.15) is 0 Å². The number of aliphatic carboxylic acids is 1. The molecule has 3 nitrogen and oxygen atoms in total. The molecule has 0 aromatic rings. The van der Waals surface area contributed by atoms with Crippen molar-refractivity contribution in [1.82, 2.24) is 0 Å². The molecule has 0 saturated heterocycles. The van der Waals surface area contributed by atoms with E-state index in [0.717, 1.165) is 18.6 Å². The fraction of sp³-hybridized carbons (Fsp3) is 0.571. The molecule has 0 aromatic carbocycles. The molecule has 1 heterocycles. The van der Waals surface area contributed by atoms with Crippen LogP contribution in [0.3, 0.4) is 0 Å². The molecule has 1 aliphatic heterocycles. The van der Waals surface area contributed by atoms with E-state index in [1.54, 1.807) is 0 Å². The second-order valence-corrected chi connectivity index (χ2v) is 2.27. The number of carbonyl (C=O) groups is 1. The summed E-state index contributed by atoms with van der Waals surface area (Å²) in [5.41, 5.74) is 0.888. The minimum absolute atomic E-state index is 0.125. The molecule has 0 saturated carbocycles. The highest BCUT2D eigenvalue weighted by atomic mass is 16.5. The lowest BCUT2D eigenvalue weighted by Gasteiger charge is -2.10. The molecule has 10 heavy (non-hydrogen) atoms. The van der Waals surface area contributed by atoms with Crippen molar-refractivity contribution >= 4 is 5.97 Å². The summed E-state index contributed by atoms with van der Waals surface area (Å²) in [6.07, 6.45) is 2.92. The van der Waals surface area contributed by atoms with Crippen LogP contribution in [0, 0.1) is 0 Å². The zero-order valence-electron chi connectivity index (χ0n) is 5.67. The third-order valence-corrected chi connectivity index (χ3v) is 1.36. The Morgan fingerprint density at radius 3 is 3.10 bits per heavy atom. The molecule has 0 aromatic heterocycles. The van der Waals surface area contributed by atoms with E-state index in [1.165, 1.54) is 0 Å². The number of hydrogen-bond acceptors (Lipinski definition) is 2. The van der Waals surface area contributed by atoms with Crippen LogP contribution < -0.4 is 0 Å². The van der Waals surface area contributed by atoms with Crippen LogP contribution in [0.5, 0.6) is 0 Å². The molecule has 0 atom stereocenters. The van der Waals surface area contributed by atoms with Crippen LogP contribution >= 0.6 is 0 Å². The quantitative estimate of drug-likeness (QED) is 0.580. The van der Waals surface area contributed by atoms with Crippen LogP contribution in [-0.4, -0.2) is 24.3 Å². The van der Waals surface area contributed by atoms with Gasteiger partial charge in [-0.2, -0.15) is 0 Å². The highest BCUT2D eigenvalue weighted by Gasteiger charge is 2.06. The van der Waals surface area contributed by atoms with Gasteiger partial charge < -0.3 is 9.84 Å². The van der Waals surface area contributed by atoms with Gasteiger partial charge in [0.05, 0.1) is 19.6 Å². The summed E-state index contributed by atoms with van der Waals surface area (Å²) in [6.45, 7) is 1.22. The molecular formula is C7H10O3. The zero-order chi connectivity index (χ0) is 7.40. The summed E-state index contributed by atoms with van der Waals surface area (Å²) < 4.78 is 5.05. The van der Waals surface area contributed by atoms with E-state index in [-0.39, 0.29) is 6.42 Å². The lowest BCUT2D eigenvalue weighted by molar-refractivity contribution is -0.136. The minimum atomic E-state index is -0.781. The number of carboxylic acid groups (broad SMARTS) is 1. The van der Waals surface area contributed by atoms with Crippen LogP contribution in [0.4, 0.5) is 0 Å². The van der Waals surface area contributed by atoms with Crippen molar-refractivity contribution in [3.05, 3.63) is 11.6 Å². The largest absolute Gasteiger partial charge is 0.481 e. The van der Waals surface area contributed by atoms with E-state index in [0.29, 0.717) is 6.61 Å². The number of carboxylic acids is 1. The van der Waals surface area contributed by atoms with Crippen LogP contribution in [0.1, 0.15) is 12.8 Å². The Kier molecular flexibility index (Phi) is 2.45. The lowest BCUT2D eigenvalue weighted by Crippen LogP contribution is -2.09. The topological polar surface area (TPSA) is 46.5 Å². The smallest absolute Gasteiger partial charge is 0.307 e. The van der Waals surface area contributed by atoms with Gasteiger partial charge in [0.2, 0.25) is 0 Å². The number of rotatable bonds is 2. The van der Waals surface area contributed by atoms with Crippen molar-refractivity contribution in [2.24, 2.45) is 0 Å². The molecule has 0 amide bonds. The van der Waals surface area contributed by atoms with Gasteiger partial charge in [0.15, 0.2) is 0 Å². The highest BCUT2D eigenvalue weighted by Crippen LogP contribution is 2.08. The first-order valence-electron chi connectivity index (χ1n) is 3.26. The van der Waals surface area contributed by atoms with Gasteiger partial charge in [-0.3, -0.25) is 4.79 Å². The van der Waals surface area contributed by atoms with E-state index in [9.17, 15) is 4.79 Å². The summed E-state index contributed by atoms with van der Waals surface area (Å²) in [6, 6.07) is 0. The minimum Gasteiger partial charge on any atom is -0.481 e. The molecule has 0 bridgehead atoms. The predicted octanol–water partition coefficient (Wildman–Crippen LogP) is 0.808. The lowest BCUT2D eigenvalue weighted by atomic mass is 10.1. The van der Waals surface area contributed by atoms with Crippen molar-refractivity contribution in [3.8, 4) is 0 Å². The average Bonchev–Trinajstić information content (AvgIpc) is 1.88. The van der Waals surface area contributed by atoms with E-state index < -0.39 is 5.97 Å². The fourth-order valence-corrected chi connectivity index (χ4v) is 0.926. The van der Waals surface area contributed by atoms with Gasteiger partial charge in [-0.05, 0) is 12.0 Å². The third-order valence-electron chi connectivity index (χ3n) is 1.36. The maximum Gasteiger partial charge on any atom is 0.307 e. The van der Waals surface area contributed by atoms with Gasteiger partial charge in [-0.25, -0.2) is 0 Å². The number of hydrogen-bond donors (Lipinski definition) is 1. The van der Waals surface area contributed by atoms with Crippen LogP contribution in [0.2, 0.25) is 0 Å². The van der Waals surface area contributed by atoms with Crippen molar-refractivity contribution in [2.75, 3.05) is 13.2 Å². The molecule has 0 spiro atoms. The van der Waals surface area contributed by atoms with Crippen LogP contribution in [0.15, 0.2) is 11.6 Å². The van der Waals surface area contributed by atoms with Crippen LogP contribution in [-0.2, 0) is 9.53 Å². The normalized spacial score (nSPS) is 18.2. The van der Waals surface area contributed by atoms with Crippen molar-refractivity contribution in [1.29, 1.82) is 0 Å². The Bertz CT molecular complexity index is 160. The maximum absolute atomic E-state index is 10.2. The Morgan fingerprint density at radius 1 is 1.80 bits per heavy atom. The molecule has 0 unspecified atom stereocenters. The van der Waals surface area contributed by atoms with Gasteiger partial charge in [0.25, 0.3) is 0 Å². The average molecular weight is 142 g/mol. The second kappa shape index (κ2) is 3.37. The summed E-state index contributed by atoms with van der Waals surface area (Å²) in [4.78, 5) is 10.2. The Labute approximate surface area is 59.3 Å². The van der Waals surface area contributed by atoms with E-state index in [2.05, 4.69) is 0 Å². The maximum atomic E-state index is 10.2. The van der Waals surface area contributed by atoms with Gasteiger partial charge >= 0.3 is 5.97 Å². The first-order valence-corrected chi connectivity index (χ1v) is 3.26. The number of ether oxygens (including phenoxy) is 1. The standard InChI is InChI=1S/C7H10O3/c8-7(9)4-6-2-1-3-10-5-6/h2H,1,3-5H2,(H,8,9). The molecular weight excluding hydrogens is 132 g/mol. The molecule has 56 valence electrons. The van der Waals surface area contributed by atoms with E-state index >= 15 is 0 Å². The van der Waals surface area contributed by atoms with Gasteiger partial charge in [0, 0.05) is 0 Å². The monoisotopic (exact) mass is 142 g/mol. The Hall–Kier alpha value is -0.830. The summed E-state index contributed by atoms with van der Waals surface area (Å²) in [5, 5.41) is 8.37. The third kappa shape index (κ3) is 2.19. The zero-order valence-corrected chi connectivity index (χ0v) is 5.67. The van der Waals surface area contributed by atoms with E-state index in [1.807, 2.05) is 6.08 Å².